The largest absolute Gasteiger partial charge is 0.342 e. The van der Waals surface area contributed by atoms with Gasteiger partial charge in [0, 0.05) is 13.1 Å². The molecule has 184 valence electrons. The Balaban J connectivity index is 1.18. The van der Waals surface area contributed by atoms with E-state index in [2.05, 4.69) is 74.3 Å². The van der Waals surface area contributed by atoms with Gasteiger partial charge in [0.2, 0.25) is 5.91 Å². The van der Waals surface area contributed by atoms with Crippen molar-refractivity contribution in [3.63, 3.8) is 0 Å². The van der Waals surface area contributed by atoms with E-state index in [1.165, 1.54) is 35.7 Å². The van der Waals surface area contributed by atoms with Crippen LogP contribution in [0.5, 0.6) is 0 Å². The van der Waals surface area contributed by atoms with Gasteiger partial charge in [-0.15, -0.1) is 10.2 Å². The van der Waals surface area contributed by atoms with Crippen LogP contribution in [0, 0.1) is 5.92 Å². The molecule has 1 amide bonds. The molecule has 35 heavy (non-hydrogen) atoms. The molecule has 0 radical (unpaired) electrons. The van der Waals surface area contributed by atoms with Gasteiger partial charge in [-0.05, 0) is 62.2 Å². The van der Waals surface area contributed by atoms with Crippen molar-refractivity contribution in [3.8, 4) is 0 Å². The van der Waals surface area contributed by atoms with Gasteiger partial charge in [0.25, 0.3) is 0 Å². The number of rotatable bonds is 9. The summed E-state index contributed by atoms with van der Waals surface area (Å²) in [5.74, 6) is 2.28. The predicted molar refractivity (Wildman–Crippen MR) is 140 cm³/mol. The summed E-state index contributed by atoms with van der Waals surface area (Å²) in [6.45, 7) is 5.52. The maximum atomic E-state index is 13.0. The lowest BCUT2D eigenvalue weighted by atomic mass is 9.90. The van der Waals surface area contributed by atoms with Gasteiger partial charge in [0.1, 0.15) is 5.82 Å². The van der Waals surface area contributed by atoms with Crippen molar-refractivity contribution in [1.82, 2.24) is 24.6 Å². The highest BCUT2D eigenvalue weighted by atomic mass is 32.2. The Morgan fingerprint density at radius 1 is 0.829 bits per heavy atom. The first-order valence-corrected chi connectivity index (χ1v) is 13.9. The van der Waals surface area contributed by atoms with Crippen LogP contribution < -0.4 is 0 Å². The van der Waals surface area contributed by atoms with Gasteiger partial charge in [-0.3, -0.25) is 9.69 Å². The molecule has 2 aromatic carbocycles. The van der Waals surface area contributed by atoms with Crippen molar-refractivity contribution in [2.24, 2.45) is 5.92 Å². The van der Waals surface area contributed by atoms with E-state index < -0.39 is 0 Å². The van der Waals surface area contributed by atoms with Crippen LogP contribution in [0.25, 0.3) is 0 Å². The quantitative estimate of drug-likeness (QED) is 0.415. The molecule has 2 aliphatic heterocycles. The molecule has 2 saturated heterocycles. The number of thioether (sulfide) groups is 1. The molecule has 7 heteroatoms. The molecule has 0 N–H and O–H groups in total. The Morgan fingerprint density at radius 2 is 1.49 bits per heavy atom. The standard InChI is InChI=1S/C28H35N5OS/c34-27(32-17-13-24(14-18-32)19-23-9-3-1-4-10-23)22-35-28-30-29-26(21-31-15-7-8-16-31)33(28)20-25-11-5-2-6-12-25/h1-6,9-12,24H,7-8,13-22H2. The third kappa shape index (κ3) is 6.53. The second kappa shape index (κ2) is 11.9. The van der Waals surface area contributed by atoms with Crippen molar-refractivity contribution < 1.29 is 4.79 Å². The van der Waals surface area contributed by atoms with Crippen LogP contribution in [0.1, 0.15) is 42.6 Å². The minimum absolute atomic E-state index is 0.212. The van der Waals surface area contributed by atoms with Crippen molar-refractivity contribution in [2.45, 2.75) is 50.4 Å². The number of amides is 1. The number of hydrogen-bond acceptors (Lipinski definition) is 5. The second-order valence-corrected chi connectivity index (χ2v) is 10.7. The van der Waals surface area contributed by atoms with Crippen LogP contribution >= 0.6 is 11.8 Å². The Morgan fingerprint density at radius 3 is 2.17 bits per heavy atom. The monoisotopic (exact) mass is 489 g/mol. The summed E-state index contributed by atoms with van der Waals surface area (Å²) in [6, 6.07) is 21.1. The molecular weight excluding hydrogens is 454 g/mol. The van der Waals surface area contributed by atoms with Gasteiger partial charge in [-0.25, -0.2) is 0 Å². The molecule has 0 bridgehead atoms. The van der Waals surface area contributed by atoms with Crippen molar-refractivity contribution >= 4 is 17.7 Å². The highest BCUT2D eigenvalue weighted by Gasteiger charge is 2.24. The second-order valence-electron chi connectivity index (χ2n) is 9.76. The number of likely N-dealkylation sites (tertiary alicyclic amines) is 2. The van der Waals surface area contributed by atoms with E-state index in [1.807, 2.05) is 11.0 Å². The fourth-order valence-electron chi connectivity index (χ4n) is 5.16. The Hall–Kier alpha value is -2.64. The summed E-state index contributed by atoms with van der Waals surface area (Å²) in [5.41, 5.74) is 2.62. The van der Waals surface area contributed by atoms with E-state index >= 15 is 0 Å². The highest BCUT2D eigenvalue weighted by molar-refractivity contribution is 7.99. The number of piperidine rings is 1. The van der Waals surface area contributed by atoms with Crippen LogP contribution in [-0.4, -0.2) is 62.4 Å². The average Bonchev–Trinajstić information content (AvgIpc) is 3.55. The van der Waals surface area contributed by atoms with Gasteiger partial charge < -0.3 is 9.47 Å². The summed E-state index contributed by atoms with van der Waals surface area (Å²) < 4.78 is 2.21. The van der Waals surface area contributed by atoms with E-state index in [-0.39, 0.29) is 5.91 Å². The molecule has 2 fully saturated rings. The third-order valence-corrected chi connectivity index (χ3v) is 8.15. The summed E-state index contributed by atoms with van der Waals surface area (Å²) >= 11 is 1.53. The lowest BCUT2D eigenvalue weighted by Crippen LogP contribution is -2.39. The maximum absolute atomic E-state index is 13.0. The predicted octanol–water partition coefficient (Wildman–Crippen LogP) is 4.50. The molecule has 3 heterocycles. The minimum Gasteiger partial charge on any atom is -0.342 e. The average molecular weight is 490 g/mol. The van der Waals surface area contributed by atoms with Crippen molar-refractivity contribution in [3.05, 3.63) is 77.6 Å². The zero-order valence-corrected chi connectivity index (χ0v) is 21.2. The SMILES string of the molecule is O=C(CSc1nnc(CN2CCCC2)n1Cc1ccccc1)N1CCC(Cc2ccccc2)CC1. The first-order valence-electron chi connectivity index (χ1n) is 12.9. The van der Waals surface area contributed by atoms with Crippen LogP contribution in [0.15, 0.2) is 65.8 Å². The topological polar surface area (TPSA) is 54.3 Å². The Kier molecular flexibility index (Phi) is 8.16. The molecule has 6 nitrogen and oxygen atoms in total. The van der Waals surface area contributed by atoms with Crippen LogP contribution in [0.4, 0.5) is 0 Å². The Bertz CT molecular complexity index is 1070. The molecule has 1 aromatic heterocycles. The van der Waals surface area contributed by atoms with Crippen LogP contribution in [-0.2, 0) is 24.3 Å². The zero-order chi connectivity index (χ0) is 23.9. The number of aromatic nitrogens is 3. The molecule has 2 aliphatic rings. The summed E-state index contributed by atoms with van der Waals surface area (Å²) in [4.78, 5) is 17.5. The molecular formula is C28H35N5OS. The fourth-order valence-corrected chi connectivity index (χ4v) is 6.02. The summed E-state index contributed by atoms with van der Waals surface area (Å²) in [7, 11) is 0. The smallest absolute Gasteiger partial charge is 0.233 e. The minimum atomic E-state index is 0.212. The third-order valence-electron chi connectivity index (χ3n) is 7.20. The summed E-state index contributed by atoms with van der Waals surface area (Å²) in [5, 5.41) is 9.89. The fraction of sp³-hybridized carbons (Fsp3) is 0.464. The maximum Gasteiger partial charge on any atom is 0.233 e. The first-order chi connectivity index (χ1) is 17.2. The molecule has 3 aromatic rings. The number of benzene rings is 2. The Labute approximate surface area is 212 Å². The summed E-state index contributed by atoms with van der Waals surface area (Å²) in [6.07, 6.45) is 5.78. The lowest BCUT2D eigenvalue weighted by Gasteiger charge is -2.32. The van der Waals surface area contributed by atoms with Crippen LogP contribution in [0.3, 0.4) is 0 Å². The highest BCUT2D eigenvalue weighted by Crippen LogP contribution is 2.25. The molecule has 0 spiro atoms. The normalized spacial score (nSPS) is 17.2. The van der Waals surface area contributed by atoms with Crippen molar-refractivity contribution in [2.75, 3.05) is 31.9 Å². The van der Waals surface area contributed by atoms with Gasteiger partial charge >= 0.3 is 0 Å². The first kappa shape index (κ1) is 24.1. The number of carbonyl (C=O) groups is 1. The molecule has 5 rings (SSSR count). The van der Waals surface area contributed by atoms with Gasteiger partial charge in [0.05, 0.1) is 18.8 Å². The van der Waals surface area contributed by atoms with E-state index in [1.54, 1.807) is 0 Å². The molecule has 0 unspecified atom stereocenters. The van der Waals surface area contributed by atoms with E-state index in [9.17, 15) is 4.79 Å². The van der Waals surface area contributed by atoms with Gasteiger partial charge in [0.15, 0.2) is 5.16 Å². The van der Waals surface area contributed by atoms with Gasteiger partial charge in [-0.2, -0.15) is 0 Å². The number of hydrogen-bond donors (Lipinski definition) is 0. The molecule has 0 atom stereocenters. The lowest BCUT2D eigenvalue weighted by molar-refractivity contribution is -0.129. The van der Waals surface area contributed by atoms with E-state index in [0.717, 1.165) is 69.5 Å². The number of carbonyl (C=O) groups excluding carboxylic acids is 1. The zero-order valence-electron chi connectivity index (χ0n) is 20.4. The van der Waals surface area contributed by atoms with Crippen molar-refractivity contribution in [1.29, 1.82) is 0 Å². The van der Waals surface area contributed by atoms with Gasteiger partial charge in [-0.1, -0.05) is 72.4 Å². The van der Waals surface area contributed by atoms with Crippen LogP contribution in [0.2, 0.25) is 0 Å². The molecule has 0 aliphatic carbocycles. The molecule has 0 saturated carbocycles. The van der Waals surface area contributed by atoms with E-state index in [4.69, 9.17) is 0 Å². The number of nitrogens with zero attached hydrogens (tertiary/aromatic N) is 5. The van der Waals surface area contributed by atoms with E-state index in [0.29, 0.717) is 11.7 Å².